The minimum absolute atomic E-state index is 0.144. The molecule has 1 saturated carbocycles. The minimum atomic E-state index is -2.79. The molecule has 0 aliphatic heterocycles. The van der Waals surface area contributed by atoms with Gasteiger partial charge in [-0.25, -0.2) is 0 Å². The van der Waals surface area contributed by atoms with Crippen molar-refractivity contribution in [3.05, 3.63) is 29.8 Å². The molecule has 0 bridgehead atoms. The lowest BCUT2D eigenvalue weighted by Gasteiger charge is -2.21. The number of hydrogen-bond acceptors (Lipinski definition) is 3. The highest BCUT2D eigenvalue weighted by molar-refractivity contribution is 5.28. The summed E-state index contributed by atoms with van der Waals surface area (Å²) in [6.45, 7) is 0.401. The normalized spacial score (nSPS) is 23.5. The van der Waals surface area contributed by atoms with Crippen molar-refractivity contribution in [2.45, 2.75) is 38.8 Å². The first-order valence-corrected chi connectivity index (χ1v) is 7.49. The van der Waals surface area contributed by atoms with E-state index >= 15 is 0 Å². The van der Waals surface area contributed by atoms with Gasteiger partial charge in [0.1, 0.15) is 5.75 Å². The molecule has 2 rings (SSSR count). The number of hydrogen-bond donors (Lipinski definition) is 2. The van der Waals surface area contributed by atoms with Crippen LogP contribution in [-0.4, -0.2) is 24.9 Å². The second kappa shape index (κ2) is 7.71. The Morgan fingerprint density at radius 2 is 1.90 bits per heavy atom. The number of rotatable bonds is 7. The first kappa shape index (κ1) is 16.2. The minimum Gasteiger partial charge on any atom is -0.435 e. The van der Waals surface area contributed by atoms with E-state index in [-0.39, 0.29) is 18.4 Å². The van der Waals surface area contributed by atoms with Gasteiger partial charge in [-0.3, -0.25) is 0 Å². The Morgan fingerprint density at radius 1 is 1.24 bits per heavy atom. The van der Waals surface area contributed by atoms with Crippen LogP contribution in [0.4, 0.5) is 8.78 Å². The van der Waals surface area contributed by atoms with Crippen LogP contribution in [0.3, 0.4) is 0 Å². The Kier molecular flexibility index (Phi) is 5.94. The van der Waals surface area contributed by atoms with E-state index in [1.165, 1.54) is 6.42 Å². The van der Waals surface area contributed by atoms with Gasteiger partial charge in [0.05, 0.1) is 0 Å². The summed E-state index contributed by atoms with van der Waals surface area (Å²) < 4.78 is 28.5. The largest absolute Gasteiger partial charge is 0.435 e. The van der Waals surface area contributed by atoms with Crippen LogP contribution in [0.15, 0.2) is 24.3 Å². The monoisotopic (exact) mass is 299 g/mol. The first-order valence-electron chi connectivity index (χ1n) is 7.49. The zero-order valence-corrected chi connectivity index (χ0v) is 12.3. The highest BCUT2D eigenvalue weighted by atomic mass is 19.3. The average molecular weight is 299 g/mol. The molecule has 0 aromatic heterocycles. The van der Waals surface area contributed by atoms with Crippen molar-refractivity contribution in [1.82, 2.24) is 5.32 Å². The molecule has 3 atom stereocenters. The van der Waals surface area contributed by atoms with Crippen molar-refractivity contribution in [2.75, 3.05) is 13.2 Å². The molecule has 5 heteroatoms. The molecule has 3 nitrogen and oxygen atoms in total. The Hall–Kier alpha value is -1.20. The highest BCUT2D eigenvalue weighted by Gasteiger charge is 2.26. The maximum atomic E-state index is 12.1. The molecule has 1 aliphatic rings. The predicted octanol–water partition coefficient (Wildman–Crippen LogP) is 3.35. The van der Waals surface area contributed by atoms with Crippen LogP contribution in [-0.2, 0) is 0 Å². The molecule has 21 heavy (non-hydrogen) atoms. The second-order valence-corrected chi connectivity index (χ2v) is 5.71. The van der Waals surface area contributed by atoms with Gasteiger partial charge in [0.2, 0.25) is 0 Å². The predicted molar refractivity (Wildman–Crippen MR) is 77.4 cm³/mol. The van der Waals surface area contributed by atoms with Gasteiger partial charge in [-0.15, -0.1) is 0 Å². The maximum absolute atomic E-state index is 12.1. The van der Waals surface area contributed by atoms with E-state index in [0.29, 0.717) is 11.8 Å². The molecule has 0 spiro atoms. The summed E-state index contributed by atoms with van der Waals surface area (Å²) >= 11 is 0. The molecule has 0 heterocycles. The lowest BCUT2D eigenvalue weighted by Crippen LogP contribution is -2.28. The summed E-state index contributed by atoms with van der Waals surface area (Å²) in [7, 11) is 0. The molecule has 1 fully saturated rings. The van der Waals surface area contributed by atoms with E-state index in [9.17, 15) is 13.9 Å². The van der Waals surface area contributed by atoms with Crippen LogP contribution in [0.1, 0.15) is 37.8 Å². The Morgan fingerprint density at radius 3 is 2.52 bits per heavy atom. The second-order valence-electron chi connectivity index (χ2n) is 5.71. The summed E-state index contributed by atoms with van der Waals surface area (Å²) in [5, 5.41) is 12.8. The maximum Gasteiger partial charge on any atom is 0.387 e. The fourth-order valence-corrected chi connectivity index (χ4v) is 3.01. The van der Waals surface area contributed by atoms with Crippen molar-refractivity contribution >= 4 is 0 Å². The Balaban J connectivity index is 1.84. The van der Waals surface area contributed by atoms with Gasteiger partial charge < -0.3 is 15.2 Å². The van der Waals surface area contributed by atoms with Gasteiger partial charge in [0.25, 0.3) is 0 Å². The van der Waals surface area contributed by atoms with E-state index in [1.807, 2.05) is 6.92 Å². The van der Waals surface area contributed by atoms with Gasteiger partial charge in [-0.05, 0) is 55.8 Å². The van der Waals surface area contributed by atoms with Crippen molar-refractivity contribution in [2.24, 2.45) is 11.8 Å². The number of aliphatic hydroxyl groups excluding tert-OH is 1. The number of ether oxygens (including phenoxy) is 1. The van der Waals surface area contributed by atoms with Crippen LogP contribution in [0.25, 0.3) is 0 Å². The summed E-state index contributed by atoms with van der Waals surface area (Å²) in [4.78, 5) is 0. The van der Waals surface area contributed by atoms with Crippen LogP contribution in [0, 0.1) is 11.8 Å². The third-order valence-corrected chi connectivity index (χ3v) is 4.34. The van der Waals surface area contributed by atoms with E-state index in [4.69, 9.17) is 0 Å². The molecule has 0 radical (unpaired) electrons. The van der Waals surface area contributed by atoms with E-state index in [0.717, 1.165) is 24.9 Å². The summed E-state index contributed by atoms with van der Waals surface area (Å²) in [6.07, 6.45) is 3.45. The third-order valence-electron chi connectivity index (χ3n) is 4.34. The fraction of sp³-hybridized carbons (Fsp3) is 0.625. The fourth-order valence-electron chi connectivity index (χ4n) is 3.01. The number of benzene rings is 1. The molecule has 0 amide bonds. The number of halogens is 2. The first-order chi connectivity index (χ1) is 10.1. The third kappa shape index (κ3) is 4.64. The average Bonchev–Trinajstić information content (AvgIpc) is 2.92. The topological polar surface area (TPSA) is 41.5 Å². The Bertz CT molecular complexity index is 425. The smallest absolute Gasteiger partial charge is 0.387 e. The van der Waals surface area contributed by atoms with Gasteiger partial charge in [0, 0.05) is 12.6 Å². The zero-order chi connectivity index (χ0) is 15.2. The standard InChI is InChI=1S/C16H23F2NO2/c1-11(19-9-13-3-2-4-14(13)10-20)12-5-7-15(8-6-12)21-16(17)18/h5-8,11,13-14,16,19-20H,2-4,9-10H2,1H3. The van der Waals surface area contributed by atoms with Crippen molar-refractivity contribution in [3.63, 3.8) is 0 Å². The molecular weight excluding hydrogens is 276 g/mol. The van der Waals surface area contributed by atoms with Gasteiger partial charge >= 0.3 is 6.61 Å². The quantitative estimate of drug-likeness (QED) is 0.811. The molecule has 1 aromatic rings. The van der Waals surface area contributed by atoms with Crippen molar-refractivity contribution in [1.29, 1.82) is 0 Å². The van der Waals surface area contributed by atoms with Crippen LogP contribution in [0.2, 0.25) is 0 Å². The number of nitrogens with one attached hydrogen (secondary N) is 1. The van der Waals surface area contributed by atoms with E-state index < -0.39 is 6.61 Å². The summed E-state index contributed by atoms with van der Waals surface area (Å²) in [5.74, 6) is 1.11. The van der Waals surface area contributed by atoms with Gasteiger partial charge in [0.15, 0.2) is 0 Å². The van der Waals surface area contributed by atoms with Gasteiger partial charge in [-0.1, -0.05) is 18.6 Å². The molecule has 1 aromatic carbocycles. The lowest BCUT2D eigenvalue weighted by atomic mass is 9.96. The molecule has 2 N–H and O–H groups in total. The summed E-state index contributed by atoms with van der Waals surface area (Å²) in [5.41, 5.74) is 1.04. The number of aliphatic hydroxyl groups is 1. The molecule has 118 valence electrons. The van der Waals surface area contributed by atoms with Crippen LogP contribution in [0.5, 0.6) is 5.75 Å². The van der Waals surface area contributed by atoms with Crippen LogP contribution < -0.4 is 10.1 Å². The lowest BCUT2D eigenvalue weighted by molar-refractivity contribution is -0.0498. The molecule has 0 saturated heterocycles. The molecule has 1 aliphatic carbocycles. The van der Waals surface area contributed by atoms with E-state index in [2.05, 4.69) is 10.1 Å². The number of alkyl halides is 2. The van der Waals surface area contributed by atoms with E-state index in [1.54, 1.807) is 24.3 Å². The molecule has 3 unspecified atom stereocenters. The van der Waals surface area contributed by atoms with Crippen molar-refractivity contribution in [3.8, 4) is 5.75 Å². The highest BCUT2D eigenvalue weighted by Crippen LogP contribution is 2.31. The summed E-state index contributed by atoms with van der Waals surface area (Å²) in [6, 6.07) is 6.86. The van der Waals surface area contributed by atoms with Crippen LogP contribution >= 0.6 is 0 Å². The Labute approximate surface area is 124 Å². The zero-order valence-electron chi connectivity index (χ0n) is 12.3. The van der Waals surface area contributed by atoms with Crippen molar-refractivity contribution < 1.29 is 18.6 Å². The van der Waals surface area contributed by atoms with Gasteiger partial charge in [-0.2, -0.15) is 8.78 Å². The SMILES string of the molecule is CC(NCC1CCCC1CO)c1ccc(OC(F)F)cc1. The molecular formula is C16H23F2NO2.